The minimum absolute atomic E-state index is 0.467. The molecule has 0 atom stereocenters. The normalized spacial score (nSPS) is 9.35. The molecular weight excluding hydrogens is 252 g/mol. The van der Waals surface area contributed by atoms with Crippen LogP contribution in [-0.4, -0.2) is 17.3 Å². The second-order valence-corrected chi connectivity index (χ2v) is 4.42. The van der Waals surface area contributed by atoms with Crippen LogP contribution < -0.4 is 21.5 Å². The molecule has 17 heavy (non-hydrogen) atoms. The van der Waals surface area contributed by atoms with Gasteiger partial charge in [0.25, 0.3) is 0 Å². The van der Waals surface area contributed by atoms with Crippen LogP contribution in [0.15, 0.2) is 18.2 Å². The molecule has 0 spiro atoms. The average molecular weight is 268 g/mol. The topological polar surface area (TPSA) is 48.1 Å². The fourth-order valence-corrected chi connectivity index (χ4v) is 1.50. The molecule has 0 amide bonds. The molecule has 1 aromatic rings. The van der Waals surface area contributed by atoms with Gasteiger partial charge in [0.1, 0.15) is 0 Å². The van der Waals surface area contributed by atoms with Gasteiger partial charge in [-0.05, 0) is 49.9 Å². The lowest BCUT2D eigenvalue weighted by Gasteiger charge is -2.14. The molecular formula is C11H16N4S2. The predicted octanol–water partition coefficient (Wildman–Crippen LogP) is 1.60. The van der Waals surface area contributed by atoms with Crippen molar-refractivity contribution < 1.29 is 0 Å². The van der Waals surface area contributed by atoms with Crippen molar-refractivity contribution in [3.63, 3.8) is 0 Å². The van der Waals surface area contributed by atoms with Crippen LogP contribution in [0.1, 0.15) is 11.1 Å². The van der Waals surface area contributed by atoms with Crippen molar-refractivity contribution in [2.24, 2.45) is 0 Å². The number of anilines is 1. The molecule has 0 unspecified atom stereocenters. The standard InChI is InChI=1S/C11H16N4S2/c1-7-4-5-9(8(2)6-7)13-11(17)15-14-10(16)12-3/h4-6H,1-3H3,(H2,12,14,16)(H2,13,15,17). The van der Waals surface area contributed by atoms with Crippen LogP contribution in [-0.2, 0) is 0 Å². The van der Waals surface area contributed by atoms with E-state index < -0.39 is 0 Å². The second-order valence-electron chi connectivity index (χ2n) is 3.60. The van der Waals surface area contributed by atoms with Crippen molar-refractivity contribution in [2.45, 2.75) is 13.8 Å². The Balaban J connectivity index is 2.53. The molecule has 0 saturated carbocycles. The molecule has 0 radical (unpaired) electrons. The molecule has 92 valence electrons. The number of hydrogen-bond acceptors (Lipinski definition) is 2. The van der Waals surface area contributed by atoms with E-state index in [1.807, 2.05) is 19.1 Å². The lowest BCUT2D eigenvalue weighted by molar-refractivity contribution is 0.853. The van der Waals surface area contributed by atoms with Gasteiger partial charge in [-0.3, -0.25) is 10.9 Å². The Kier molecular flexibility index (Phi) is 5.11. The molecule has 0 heterocycles. The molecule has 0 bridgehead atoms. The zero-order valence-corrected chi connectivity index (χ0v) is 11.7. The summed E-state index contributed by atoms with van der Waals surface area (Å²) in [5.41, 5.74) is 8.88. The van der Waals surface area contributed by atoms with E-state index in [1.54, 1.807) is 7.05 Å². The smallest absolute Gasteiger partial charge is 0.189 e. The number of nitrogens with one attached hydrogen (secondary N) is 4. The van der Waals surface area contributed by atoms with Gasteiger partial charge in [-0.15, -0.1) is 0 Å². The van der Waals surface area contributed by atoms with Gasteiger partial charge in [-0.2, -0.15) is 0 Å². The highest BCUT2D eigenvalue weighted by molar-refractivity contribution is 7.80. The van der Waals surface area contributed by atoms with Crippen molar-refractivity contribution in [2.75, 3.05) is 12.4 Å². The second kappa shape index (κ2) is 6.36. The number of hydrazine groups is 1. The van der Waals surface area contributed by atoms with Crippen molar-refractivity contribution >= 4 is 40.3 Å². The maximum atomic E-state index is 5.12. The summed E-state index contributed by atoms with van der Waals surface area (Å²) >= 11 is 10.0. The van der Waals surface area contributed by atoms with Gasteiger partial charge < -0.3 is 10.6 Å². The Morgan fingerprint density at radius 2 is 1.71 bits per heavy atom. The van der Waals surface area contributed by atoms with Gasteiger partial charge in [0.2, 0.25) is 0 Å². The van der Waals surface area contributed by atoms with E-state index in [0.29, 0.717) is 10.2 Å². The lowest BCUT2D eigenvalue weighted by Crippen LogP contribution is -2.47. The van der Waals surface area contributed by atoms with E-state index in [0.717, 1.165) is 11.3 Å². The molecule has 0 aromatic heterocycles. The Labute approximate surface area is 112 Å². The van der Waals surface area contributed by atoms with Gasteiger partial charge in [-0.25, -0.2) is 0 Å². The maximum absolute atomic E-state index is 5.12. The first-order valence-electron chi connectivity index (χ1n) is 5.15. The zero-order chi connectivity index (χ0) is 12.8. The summed E-state index contributed by atoms with van der Waals surface area (Å²) in [6.45, 7) is 4.09. The van der Waals surface area contributed by atoms with E-state index in [4.69, 9.17) is 24.4 Å². The number of thiocarbonyl (C=S) groups is 2. The third-order valence-corrected chi connectivity index (χ3v) is 2.66. The quantitative estimate of drug-likeness (QED) is 0.458. The van der Waals surface area contributed by atoms with E-state index in [9.17, 15) is 0 Å². The Bertz CT molecular complexity index is 431. The molecule has 0 aliphatic carbocycles. The van der Waals surface area contributed by atoms with Gasteiger partial charge in [0.15, 0.2) is 10.2 Å². The number of benzene rings is 1. The Morgan fingerprint density at radius 3 is 2.29 bits per heavy atom. The van der Waals surface area contributed by atoms with Gasteiger partial charge in [0.05, 0.1) is 0 Å². The monoisotopic (exact) mass is 268 g/mol. The van der Waals surface area contributed by atoms with Crippen LogP contribution in [0.4, 0.5) is 5.69 Å². The van der Waals surface area contributed by atoms with Crippen molar-refractivity contribution in [1.29, 1.82) is 0 Å². The summed E-state index contributed by atoms with van der Waals surface area (Å²) in [5.74, 6) is 0. The molecule has 4 nitrogen and oxygen atoms in total. The first-order valence-corrected chi connectivity index (χ1v) is 5.96. The first-order chi connectivity index (χ1) is 8.02. The van der Waals surface area contributed by atoms with Gasteiger partial charge >= 0.3 is 0 Å². The Morgan fingerprint density at radius 1 is 1.06 bits per heavy atom. The lowest BCUT2D eigenvalue weighted by atomic mass is 10.1. The summed E-state index contributed by atoms with van der Waals surface area (Å²) in [6, 6.07) is 6.12. The van der Waals surface area contributed by atoms with Gasteiger partial charge in [0, 0.05) is 12.7 Å². The highest BCUT2D eigenvalue weighted by Gasteiger charge is 2.01. The third kappa shape index (κ3) is 4.54. The molecule has 1 rings (SSSR count). The van der Waals surface area contributed by atoms with Crippen molar-refractivity contribution in [3.8, 4) is 0 Å². The maximum Gasteiger partial charge on any atom is 0.189 e. The van der Waals surface area contributed by atoms with Crippen LogP contribution in [0.25, 0.3) is 0 Å². The minimum Gasteiger partial charge on any atom is -0.364 e. The highest BCUT2D eigenvalue weighted by Crippen LogP contribution is 2.15. The summed E-state index contributed by atoms with van der Waals surface area (Å²) in [6.07, 6.45) is 0. The van der Waals surface area contributed by atoms with E-state index >= 15 is 0 Å². The SMILES string of the molecule is CNC(=S)NNC(=S)Nc1ccc(C)cc1C. The molecule has 0 aliphatic heterocycles. The van der Waals surface area contributed by atoms with Crippen LogP contribution in [0, 0.1) is 13.8 Å². The minimum atomic E-state index is 0.467. The summed E-state index contributed by atoms with van der Waals surface area (Å²) in [7, 11) is 1.73. The molecule has 1 aromatic carbocycles. The first kappa shape index (κ1) is 13.7. The predicted molar refractivity (Wildman–Crippen MR) is 80.1 cm³/mol. The van der Waals surface area contributed by atoms with Crippen LogP contribution in [0.2, 0.25) is 0 Å². The highest BCUT2D eigenvalue weighted by atomic mass is 32.1. The fraction of sp³-hybridized carbons (Fsp3) is 0.273. The molecule has 0 saturated heterocycles. The van der Waals surface area contributed by atoms with E-state index in [-0.39, 0.29) is 0 Å². The molecule has 6 heteroatoms. The van der Waals surface area contributed by atoms with E-state index in [2.05, 4.69) is 34.5 Å². The van der Waals surface area contributed by atoms with Crippen LogP contribution >= 0.6 is 24.4 Å². The van der Waals surface area contributed by atoms with Crippen molar-refractivity contribution in [1.82, 2.24) is 16.2 Å². The summed E-state index contributed by atoms with van der Waals surface area (Å²) in [4.78, 5) is 0. The van der Waals surface area contributed by atoms with Gasteiger partial charge in [-0.1, -0.05) is 17.7 Å². The number of aryl methyl sites for hydroxylation is 2. The van der Waals surface area contributed by atoms with Crippen molar-refractivity contribution in [3.05, 3.63) is 29.3 Å². The van der Waals surface area contributed by atoms with Crippen LogP contribution in [0.3, 0.4) is 0 Å². The van der Waals surface area contributed by atoms with E-state index in [1.165, 1.54) is 5.56 Å². The number of rotatable bonds is 1. The molecule has 0 fully saturated rings. The largest absolute Gasteiger partial charge is 0.364 e. The zero-order valence-electron chi connectivity index (χ0n) is 10.0. The average Bonchev–Trinajstić information content (AvgIpc) is 2.29. The Hall–Kier alpha value is -1.40. The fourth-order valence-electron chi connectivity index (χ4n) is 1.28. The summed E-state index contributed by atoms with van der Waals surface area (Å²) < 4.78 is 0. The molecule has 4 N–H and O–H groups in total. The van der Waals surface area contributed by atoms with Crippen LogP contribution in [0.5, 0.6) is 0 Å². The summed E-state index contributed by atoms with van der Waals surface area (Å²) in [5, 5.41) is 6.81. The third-order valence-electron chi connectivity index (χ3n) is 2.15. The molecule has 0 aliphatic rings. The number of hydrogen-bond donors (Lipinski definition) is 4.